The maximum Gasteiger partial charge on any atom is 0.140 e. The molecule has 1 aromatic heterocycles. The van der Waals surface area contributed by atoms with Gasteiger partial charge in [-0.05, 0) is 42.5 Å². The average Bonchev–Trinajstić information content (AvgIpc) is 2.92. The molecule has 106 valence electrons. The summed E-state index contributed by atoms with van der Waals surface area (Å²) in [4.78, 5) is 4.33. The lowest BCUT2D eigenvalue weighted by atomic mass is 10.1. The molecular formula is C16H13ClFN3. The van der Waals surface area contributed by atoms with Gasteiger partial charge in [-0.15, -0.1) is 0 Å². The number of nitrogen functional groups attached to an aromatic ring is 1. The molecule has 2 N–H and O–H groups in total. The molecule has 3 aromatic rings. The van der Waals surface area contributed by atoms with Crippen LogP contribution < -0.4 is 5.73 Å². The zero-order valence-corrected chi connectivity index (χ0v) is 11.9. The van der Waals surface area contributed by atoms with E-state index in [1.165, 1.54) is 12.1 Å². The van der Waals surface area contributed by atoms with E-state index in [1.807, 2.05) is 35.0 Å². The zero-order chi connectivity index (χ0) is 14.8. The van der Waals surface area contributed by atoms with Gasteiger partial charge >= 0.3 is 0 Å². The van der Waals surface area contributed by atoms with E-state index in [1.54, 1.807) is 12.3 Å². The van der Waals surface area contributed by atoms with Gasteiger partial charge in [-0.1, -0.05) is 11.6 Å². The molecule has 0 spiro atoms. The SMILES string of the molecule is Nc1ccc(-c2nccn2Cc2cc(Cl)ccc2F)cc1. The molecule has 0 unspecified atom stereocenters. The second-order valence-corrected chi connectivity index (χ2v) is 5.17. The highest BCUT2D eigenvalue weighted by molar-refractivity contribution is 6.30. The molecule has 0 bridgehead atoms. The number of hydrogen-bond donors (Lipinski definition) is 1. The molecular weight excluding hydrogens is 289 g/mol. The first-order valence-corrected chi connectivity index (χ1v) is 6.82. The average molecular weight is 302 g/mol. The van der Waals surface area contributed by atoms with Crippen molar-refractivity contribution < 1.29 is 4.39 Å². The highest BCUT2D eigenvalue weighted by Crippen LogP contribution is 2.22. The van der Waals surface area contributed by atoms with Gasteiger partial charge in [-0.25, -0.2) is 9.37 Å². The summed E-state index contributed by atoms with van der Waals surface area (Å²) in [5.74, 6) is 0.478. The number of imidazole rings is 1. The monoisotopic (exact) mass is 301 g/mol. The van der Waals surface area contributed by atoms with E-state index < -0.39 is 0 Å². The van der Waals surface area contributed by atoms with E-state index in [9.17, 15) is 4.39 Å². The molecule has 1 heterocycles. The fourth-order valence-electron chi connectivity index (χ4n) is 2.18. The van der Waals surface area contributed by atoms with Gasteiger partial charge < -0.3 is 10.3 Å². The minimum Gasteiger partial charge on any atom is -0.399 e. The lowest BCUT2D eigenvalue weighted by Gasteiger charge is -2.09. The second-order valence-electron chi connectivity index (χ2n) is 4.74. The first-order chi connectivity index (χ1) is 10.1. The molecule has 3 rings (SSSR count). The largest absolute Gasteiger partial charge is 0.399 e. The van der Waals surface area contributed by atoms with Gasteiger partial charge in [-0.3, -0.25) is 0 Å². The van der Waals surface area contributed by atoms with Crippen LogP contribution in [0.15, 0.2) is 54.9 Å². The van der Waals surface area contributed by atoms with Crippen molar-refractivity contribution in [1.82, 2.24) is 9.55 Å². The number of benzene rings is 2. The minimum absolute atomic E-state index is 0.281. The molecule has 0 aliphatic rings. The van der Waals surface area contributed by atoms with Crippen LogP contribution in [0.2, 0.25) is 5.02 Å². The highest BCUT2D eigenvalue weighted by atomic mass is 35.5. The Morgan fingerprint density at radius 2 is 1.90 bits per heavy atom. The lowest BCUT2D eigenvalue weighted by Crippen LogP contribution is -2.03. The Hall–Kier alpha value is -2.33. The van der Waals surface area contributed by atoms with Crippen molar-refractivity contribution in [2.75, 3.05) is 5.73 Å². The molecule has 21 heavy (non-hydrogen) atoms. The predicted molar refractivity (Wildman–Crippen MR) is 82.6 cm³/mol. The van der Waals surface area contributed by atoms with Gasteiger partial charge in [0.05, 0.1) is 6.54 Å². The van der Waals surface area contributed by atoms with Crippen molar-refractivity contribution in [2.24, 2.45) is 0 Å². The third-order valence-corrected chi connectivity index (χ3v) is 3.47. The molecule has 0 aliphatic heterocycles. The van der Waals surface area contributed by atoms with Crippen LogP contribution in [0.25, 0.3) is 11.4 Å². The topological polar surface area (TPSA) is 43.8 Å². The third kappa shape index (κ3) is 2.90. The van der Waals surface area contributed by atoms with Crippen LogP contribution in [0.3, 0.4) is 0 Å². The van der Waals surface area contributed by atoms with E-state index in [0.29, 0.717) is 22.8 Å². The minimum atomic E-state index is -0.281. The lowest BCUT2D eigenvalue weighted by molar-refractivity contribution is 0.600. The highest BCUT2D eigenvalue weighted by Gasteiger charge is 2.09. The number of rotatable bonds is 3. The molecule has 2 aromatic carbocycles. The van der Waals surface area contributed by atoms with Crippen LogP contribution in [-0.4, -0.2) is 9.55 Å². The summed E-state index contributed by atoms with van der Waals surface area (Å²) in [7, 11) is 0. The van der Waals surface area contributed by atoms with E-state index in [-0.39, 0.29) is 5.82 Å². The molecule has 0 fully saturated rings. The van der Waals surface area contributed by atoms with Crippen LogP contribution in [0.5, 0.6) is 0 Å². The Morgan fingerprint density at radius 1 is 1.14 bits per heavy atom. The fraction of sp³-hybridized carbons (Fsp3) is 0.0625. The molecule has 0 radical (unpaired) electrons. The van der Waals surface area contributed by atoms with Crippen LogP contribution >= 0.6 is 11.6 Å². The summed E-state index contributed by atoms with van der Waals surface area (Å²) in [6.07, 6.45) is 3.50. The maximum atomic E-state index is 13.8. The van der Waals surface area contributed by atoms with Crippen molar-refractivity contribution in [3.05, 3.63) is 71.3 Å². The first kappa shape index (κ1) is 13.6. The Kier molecular flexibility index (Phi) is 3.62. The van der Waals surface area contributed by atoms with Crippen molar-refractivity contribution in [3.63, 3.8) is 0 Å². The first-order valence-electron chi connectivity index (χ1n) is 6.44. The number of aromatic nitrogens is 2. The molecule has 0 atom stereocenters. The van der Waals surface area contributed by atoms with Crippen LogP contribution in [0.1, 0.15) is 5.56 Å². The number of anilines is 1. The summed E-state index contributed by atoms with van der Waals surface area (Å²) >= 11 is 5.93. The summed E-state index contributed by atoms with van der Waals surface area (Å²) in [6, 6.07) is 11.9. The summed E-state index contributed by atoms with van der Waals surface area (Å²) in [5.41, 5.74) is 7.83. The fourth-order valence-corrected chi connectivity index (χ4v) is 2.37. The van der Waals surface area contributed by atoms with Gasteiger partial charge in [0.25, 0.3) is 0 Å². The molecule has 0 amide bonds. The van der Waals surface area contributed by atoms with Crippen LogP contribution in [-0.2, 0) is 6.54 Å². The molecule has 5 heteroatoms. The molecule has 3 nitrogen and oxygen atoms in total. The van der Waals surface area contributed by atoms with Crippen molar-refractivity contribution in [3.8, 4) is 11.4 Å². The molecule has 0 saturated heterocycles. The van der Waals surface area contributed by atoms with E-state index in [0.717, 1.165) is 11.4 Å². The Bertz CT molecular complexity index is 765. The van der Waals surface area contributed by atoms with Crippen molar-refractivity contribution in [2.45, 2.75) is 6.54 Å². The van der Waals surface area contributed by atoms with Gasteiger partial charge in [0.1, 0.15) is 11.6 Å². The number of halogens is 2. The van der Waals surface area contributed by atoms with Gasteiger partial charge in [0.2, 0.25) is 0 Å². The summed E-state index contributed by atoms with van der Waals surface area (Å²) in [6.45, 7) is 0.367. The standard InChI is InChI=1S/C16H13ClFN3/c17-13-3-6-15(18)12(9-13)10-21-8-7-20-16(21)11-1-4-14(19)5-2-11/h1-9H,10,19H2. The summed E-state index contributed by atoms with van der Waals surface area (Å²) in [5, 5.41) is 0.514. The number of hydrogen-bond acceptors (Lipinski definition) is 2. The van der Waals surface area contributed by atoms with Gasteiger partial charge in [0, 0.05) is 34.2 Å². The van der Waals surface area contributed by atoms with E-state index >= 15 is 0 Å². The maximum absolute atomic E-state index is 13.8. The summed E-state index contributed by atoms with van der Waals surface area (Å²) < 4.78 is 15.7. The van der Waals surface area contributed by atoms with Crippen molar-refractivity contribution >= 4 is 17.3 Å². The molecule has 0 aliphatic carbocycles. The van der Waals surface area contributed by atoms with Crippen LogP contribution in [0.4, 0.5) is 10.1 Å². The molecule has 0 saturated carbocycles. The normalized spacial score (nSPS) is 10.8. The second kappa shape index (κ2) is 5.58. The third-order valence-electron chi connectivity index (χ3n) is 3.23. The van der Waals surface area contributed by atoms with Gasteiger partial charge in [-0.2, -0.15) is 0 Å². The smallest absolute Gasteiger partial charge is 0.140 e. The predicted octanol–water partition coefficient (Wildman–Crippen LogP) is 3.97. The number of nitrogens with zero attached hydrogens (tertiary/aromatic N) is 2. The van der Waals surface area contributed by atoms with Crippen molar-refractivity contribution in [1.29, 1.82) is 0 Å². The Labute approximate surface area is 126 Å². The Morgan fingerprint density at radius 3 is 2.67 bits per heavy atom. The quantitative estimate of drug-likeness (QED) is 0.744. The number of nitrogens with two attached hydrogens (primary N) is 1. The van der Waals surface area contributed by atoms with Crippen LogP contribution in [0, 0.1) is 5.82 Å². The van der Waals surface area contributed by atoms with E-state index in [2.05, 4.69) is 4.98 Å². The van der Waals surface area contributed by atoms with Gasteiger partial charge in [0.15, 0.2) is 0 Å². The zero-order valence-electron chi connectivity index (χ0n) is 11.1. The Balaban J connectivity index is 1.96. The van der Waals surface area contributed by atoms with E-state index in [4.69, 9.17) is 17.3 Å².